The lowest BCUT2D eigenvalue weighted by Gasteiger charge is -1.88. The third-order valence-corrected chi connectivity index (χ3v) is 1.89. The number of H-pyrrole nitrogens is 1. The van der Waals surface area contributed by atoms with Gasteiger partial charge in [-0.3, -0.25) is 0 Å². The minimum Gasteiger partial charge on any atom is -0.392 e. The number of hydrogen-bond donors (Lipinski definition) is 2. The van der Waals surface area contributed by atoms with Crippen LogP contribution in [0.1, 0.15) is 5.56 Å². The van der Waals surface area contributed by atoms with Gasteiger partial charge in [-0.05, 0) is 12.1 Å². The molecule has 2 aromatic rings. The Morgan fingerprint density at radius 3 is 3.31 bits per heavy atom. The zero-order valence-electron chi connectivity index (χ0n) is 7.07. The van der Waals surface area contributed by atoms with E-state index in [0.29, 0.717) is 0 Å². The molecule has 2 heterocycles. The number of aliphatic hydroxyl groups is 1. The summed E-state index contributed by atoms with van der Waals surface area (Å²) in [5.41, 5.74) is 1.93. The summed E-state index contributed by atoms with van der Waals surface area (Å²) >= 11 is 0. The Hall–Kier alpha value is -1.61. The number of aromatic nitrogens is 2. The molecule has 0 fully saturated rings. The molecule has 3 nitrogen and oxygen atoms in total. The van der Waals surface area contributed by atoms with Crippen LogP contribution in [0.4, 0.5) is 0 Å². The topological polar surface area (TPSA) is 48.9 Å². The molecular weight excluding hydrogens is 164 g/mol. The van der Waals surface area contributed by atoms with Crippen molar-refractivity contribution in [2.24, 2.45) is 0 Å². The monoisotopic (exact) mass is 174 g/mol. The fourth-order valence-electron chi connectivity index (χ4n) is 1.29. The molecule has 0 saturated heterocycles. The molecule has 3 heteroatoms. The highest BCUT2D eigenvalue weighted by Gasteiger charge is 1.98. The van der Waals surface area contributed by atoms with Crippen LogP contribution in [0.5, 0.6) is 0 Å². The molecule has 0 bridgehead atoms. The third kappa shape index (κ3) is 1.46. The van der Waals surface area contributed by atoms with Crippen LogP contribution in [0.3, 0.4) is 0 Å². The average molecular weight is 174 g/mol. The fraction of sp³-hybridized carbons (Fsp3) is 0.100. The summed E-state index contributed by atoms with van der Waals surface area (Å²) in [6.45, 7) is 0.0624. The molecule has 66 valence electrons. The quantitative estimate of drug-likeness (QED) is 0.726. The molecule has 2 N–H and O–H groups in total. The lowest BCUT2D eigenvalue weighted by atomic mass is 10.2. The maximum absolute atomic E-state index is 8.62. The van der Waals surface area contributed by atoms with Gasteiger partial charge in [0.15, 0.2) is 0 Å². The molecule has 0 aromatic carbocycles. The third-order valence-electron chi connectivity index (χ3n) is 1.89. The highest BCUT2D eigenvalue weighted by atomic mass is 16.2. The van der Waals surface area contributed by atoms with Crippen molar-refractivity contribution in [3.63, 3.8) is 0 Å². The van der Waals surface area contributed by atoms with E-state index in [4.69, 9.17) is 5.11 Å². The van der Waals surface area contributed by atoms with Crippen LogP contribution in [0.15, 0.2) is 30.6 Å². The van der Waals surface area contributed by atoms with E-state index in [1.165, 1.54) is 0 Å². The maximum Gasteiger partial charge on any atom is 0.137 e. The highest BCUT2D eigenvalue weighted by molar-refractivity contribution is 5.85. The van der Waals surface area contributed by atoms with Crippen LogP contribution in [-0.4, -0.2) is 21.7 Å². The number of aromatic amines is 1. The van der Waals surface area contributed by atoms with E-state index in [1.54, 1.807) is 12.3 Å². The lowest BCUT2D eigenvalue weighted by Crippen LogP contribution is -1.74. The number of fused-ring (bicyclic) bond motifs is 1. The Morgan fingerprint density at radius 2 is 2.46 bits per heavy atom. The molecular formula is C10H10N2O. The van der Waals surface area contributed by atoms with Crippen LogP contribution in [0.2, 0.25) is 0 Å². The number of hydrogen-bond acceptors (Lipinski definition) is 2. The van der Waals surface area contributed by atoms with Gasteiger partial charge in [0.2, 0.25) is 0 Å². The van der Waals surface area contributed by atoms with Crippen LogP contribution in [0, 0.1) is 0 Å². The summed E-state index contributed by atoms with van der Waals surface area (Å²) in [6.07, 6.45) is 7.21. The summed E-state index contributed by atoms with van der Waals surface area (Å²) < 4.78 is 0. The molecule has 0 amide bonds. The van der Waals surface area contributed by atoms with Gasteiger partial charge in [0, 0.05) is 23.3 Å². The predicted octanol–water partition coefficient (Wildman–Crippen LogP) is 1.57. The van der Waals surface area contributed by atoms with Crippen molar-refractivity contribution in [2.45, 2.75) is 0 Å². The molecule has 0 atom stereocenters. The summed E-state index contributed by atoms with van der Waals surface area (Å²) in [4.78, 5) is 7.21. The van der Waals surface area contributed by atoms with Crippen molar-refractivity contribution in [3.05, 3.63) is 36.2 Å². The van der Waals surface area contributed by atoms with Crippen molar-refractivity contribution in [1.82, 2.24) is 9.97 Å². The predicted molar refractivity (Wildman–Crippen MR) is 52.2 cm³/mol. The SMILES string of the molecule is OCC=Cc1c[nH]c2ncccc12. The van der Waals surface area contributed by atoms with Gasteiger partial charge in [-0.1, -0.05) is 12.2 Å². The van der Waals surface area contributed by atoms with Gasteiger partial charge in [0.1, 0.15) is 5.65 Å². The molecule has 0 radical (unpaired) electrons. The number of pyridine rings is 1. The second-order valence-corrected chi connectivity index (χ2v) is 2.73. The van der Waals surface area contributed by atoms with Gasteiger partial charge in [-0.15, -0.1) is 0 Å². The first-order chi connectivity index (χ1) is 6.42. The highest BCUT2D eigenvalue weighted by Crippen LogP contribution is 2.16. The zero-order valence-corrected chi connectivity index (χ0v) is 7.07. The standard InChI is InChI=1S/C10H10N2O/c13-6-2-3-8-7-12-10-9(8)4-1-5-11-10/h1-5,7,13H,6H2,(H,11,12). The minimum atomic E-state index is 0.0624. The van der Waals surface area contributed by atoms with Gasteiger partial charge in [0.05, 0.1) is 6.61 Å². The van der Waals surface area contributed by atoms with Gasteiger partial charge in [-0.2, -0.15) is 0 Å². The zero-order chi connectivity index (χ0) is 9.10. The fourth-order valence-corrected chi connectivity index (χ4v) is 1.29. The molecule has 0 aliphatic carbocycles. The number of aliphatic hydroxyl groups excluding tert-OH is 1. The van der Waals surface area contributed by atoms with E-state index >= 15 is 0 Å². The molecule has 2 rings (SSSR count). The van der Waals surface area contributed by atoms with Crippen LogP contribution >= 0.6 is 0 Å². The summed E-state index contributed by atoms with van der Waals surface area (Å²) in [5.74, 6) is 0. The minimum absolute atomic E-state index is 0.0624. The molecule has 0 saturated carbocycles. The Morgan fingerprint density at radius 1 is 1.54 bits per heavy atom. The van der Waals surface area contributed by atoms with Crippen molar-refractivity contribution >= 4 is 17.1 Å². The Bertz CT molecular complexity index is 431. The second kappa shape index (κ2) is 3.41. The van der Waals surface area contributed by atoms with Gasteiger partial charge >= 0.3 is 0 Å². The van der Waals surface area contributed by atoms with Gasteiger partial charge in [-0.25, -0.2) is 4.98 Å². The second-order valence-electron chi connectivity index (χ2n) is 2.73. The number of rotatable bonds is 2. The van der Waals surface area contributed by atoms with Crippen LogP contribution in [-0.2, 0) is 0 Å². The van der Waals surface area contributed by atoms with Crippen molar-refractivity contribution in [1.29, 1.82) is 0 Å². The molecule has 0 aliphatic heterocycles. The van der Waals surface area contributed by atoms with Crippen LogP contribution < -0.4 is 0 Å². The van der Waals surface area contributed by atoms with E-state index in [2.05, 4.69) is 9.97 Å². The lowest BCUT2D eigenvalue weighted by molar-refractivity contribution is 0.343. The van der Waals surface area contributed by atoms with Crippen molar-refractivity contribution in [2.75, 3.05) is 6.61 Å². The average Bonchev–Trinajstić information content (AvgIpc) is 2.58. The summed E-state index contributed by atoms with van der Waals surface area (Å²) in [5, 5.41) is 9.70. The van der Waals surface area contributed by atoms with E-state index in [-0.39, 0.29) is 6.61 Å². The summed E-state index contributed by atoms with van der Waals surface area (Å²) in [6, 6.07) is 3.89. The first-order valence-corrected chi connectivity index (χ1v) is 4.11. The largest absolute Gasteiger partial charge is 0.392 e. The van der Waals surface area contributed by atoms with E-state index < -0.39 is 0 Å². The molecule has 0 spiro atoms. The number of nitrogens with one attached hydrogen (secondary N) is 1. The van der Waals surface area contributed by atoms with Gasteiger partial charge in [0.25, 0.3) is 0 Å². The maximum atomic E-state index is 8.62. The van der Waals surface area contributed by atoms with Crippen molar-refractivity contribution in [3.8, 4) is 0 Å². The first kappa shape index (κ1) is 8.01. The van der Waals surface area contributed by atoms with Crippen molar-refractivity contribution < 1.29 is 5.11 Å². The molecule has 13 heavy (non-hydrogen) atoms. The van der Waals surface area contributed by atoms with E-state index in [0.717, 1.165) is 16.6 Å². The molecule has 0 unspecified atom stereocenters. The van der Waals surface area contributed by atoms with Crippen LogP contribution in [0.25, 0.3) is 17.1 Å². The number of nitrogens with zero attached hydrogens (tertiary/aromatic N) is 1. The smallest absolute Gasteiger partial charge is 0.137 e. The van der Waals surface area contributed by atoms with E-state index in [1.807, 2.05) is 24.4 Å². The Kier molecular flexibility index (Phi) is 2.10. The molecule has 2 aromatic heterocycles. The molecule has 0 aliphatic rings. The van der Waals surface area contributed by atoms with Gasteiger partial charge < -0.3 is 10.1 Å². The summed E-state index contributed by atoms with van der Waals surface area (Å²) in [7, 11) is 0. The Labute approximate surface area is 75.7 Å². The Balaban J connectivity index is 2.52. The van der Waals surface area contributed by atoms with E-state index in [9.17, 15) is 0 Å². The first-order valence-electron chi connectivity index (χ1n) is 4.11. The normalized spacial score (nSPS) is 11.5.